The summed E-state index contributed by atoms with van der Waals surface area (Å²) in [5, 5.41) is 10.7. The number of hydrogen-bond donors (Lipinski definition) is 2. The maximum absolute atomic E-state index is 12.8. The normalized spacial score (nSPS) is 12.3. The minimum absolute atomic E-state index is 0.177. The molecule has 2 rings (SSSR count). The van der Waals surface area contributed by atoms with Crippen LogP contribution in [0.15, 0.2) is 35.3 Å². The summed E-state index contributed by atoms with van der Waals surface area (Å²) in [4.78, 5) is 4.38. The SMILES string of the molecule is CCNC(=NCc1cccc(C(F)(F)F)c1)NCCCn1nc(C)cc1C. The van der Waals surface area contributed by atoms with Crippen LogP contribution in [0.5, 0.6) is 0 Å². The van der Waals surface area contributed by atoms with Gasteiger partial charge < -0.3 is 10.6 Å². The van der Waals surface area contributed by atoms with E-state index in [2.05, 4.69) is 20.7 Å². The number of alkyl halides is 3. The van der Waals surface area contributed by atoms with Gasteiger partial charge in [-0.15, -0.1) is 0 Å². The zero-order valence-electron chi connectivity index (χ0n) is 15.9. The van der Waals surface area contributed by atoms with Crippen LogP contribution in [0.4, 0.5) is 13.2 Å². The summed E-state index contributed by atoms with van der Waals surface area (Å²) in [5.74, 6) is 0.586. The highest BCUT2D eigenvalue weighted by Gasteiger charge is 2.30. The molecule has 0 aliphatic rings. The van der Waals surface area contributed by atoms with Crippen molar-refractivity contribution in [2.24, 2.45) is 4.99 Å². The maximum Gasteiger partial charge on any atom is 0.416 e. The minimum Gasteiger partial charge on any atom is -0.357 e. The summed E-state index contributed by atoms with van der Waals surface area (Å²) in [6.45, 7) is 8.26. The first-order chi connectivity index (χ1) is 12.8. The molecular weight excluding hydrogens is 355 g/mol. The van der Waals surface area contributed by atoms with E-state index in [0.29, 0.717) is 24.6 Å². The second-order valence-corrected chi connectivity index (χ2v) is 6.32. The van der Waals surface area contributed by atoms with Gasteiger partial charge in [0.05, 0.1) is 17.8 Å². The molecule has 0 saturated heterocycles. The monoisotopic (exact) mass is 381 g/mol. The standard InChI is InChI=1S/C19H26F3N5/c1-4-23-18(24-9-6-10-27-15(3)11-14(2)26-27)25-13-16-7-5-8-17(12-16)19(20,21)22/h5,7-8,11-12H,4,6,9-10,13H2,1-3H3,(H2,23,24,25). The molecule has 0 unspecified atom stereocenters. The van der Waals surface area contributed by atoms with Crippen molar-refractivity contribution in [3.05, 3.63) is 52.8 Å². The first-order valence-corrected chi connectivity index (χ1v) is 8.99. The molecule has 0 atom stereocenters. The lowest BCUT2D eigenvalue weighted by atomic mass is 10.1. The molecule has 2 N–H and O–H groups in total. The van der Waals surface area contributed by atoms with E-state index in [1.165, 1.54) is 6.07 Å². The summed E-state index contributed by atoms with van der Waals surface area (Å²) < 4.78 is 40.3. The third-order valence-electron chi connectivity index (χ3n) is 3.96. The van der Waals surface area contributed by atoms with Crippen molar-refractivity contribution in [1.29, 1.82) is 0 Å². The largest absolute Gasteiger partial charge is 0.416 e. The van der Waals surface area contributed by atoms with E-state index in [1.54, 1.807) is 6.07 Å². The minimum atomic E-state index is -4.34. The van der Waals surface area contributed by atoms with Gasteiger partial charge in [-0.2, -0.15) is 18.3 Å². The van der Waals surface area contributed by atoms with Crippen LogP contribution in [0.2, 0.25) is 0 Å². The van der Waals surface area contributed by atoms with Gasteiger partial charge in [0, 0.05) is 25.3 Å². The predicted molar refractivity (Wildman–Crippen MR) is 101 cm³/mol. The number of halogens is 3. The Hall–Kier alpha value is -2.51. The summed E-state index contributed by atoms with van der Waals surface area (Å²) >= 11 is 0. The van der Waals surface area contributed by atoms with Crippen molar-refractivity contribution in [1.82, 2.24) is 20.4 Å². The molecule has 0 spiro atoms. The lowest BCUT2D eigenvalue weighted by molar-refractivity contribution is -0.137. The van der Waals surface area contributed by atoms with Crippen LogP contribution in [0.25, 0.3) is 0 Å². The van der Waals surface area contributed by atoms with Crippen LogP contribution in [-0.4, -0.2) is 28.8 Å². The first-order valence-electron chi connectivity index (χ1n) is 8.99. The molecule has 0 aliphatic carbocycles. The van der Waals surface area contributed by atoms with Crippen molar-refractivity contribution in [3.8, 4) is 0 Å². The number of aliphatic imine (C=N–C) groups is 1. The Balaban J connectivity index is 1.89. The van der Waals surface area contributed by atoms with E-state index in [1.807, 2.05) is 31.5 Å². The second-order valence-electron chi connectivity index (χ2n) is 6.32. The Labute approximate surface area is 157 Å². The third-order valence-corrected chi connectivity index (χ3v) is 3.96. The Morgan fingerprint density at radius 2 is 1.96 bits per heavy atom. The van der Waals surface area contributed by atoms with Crippen LogP contribution in [0, 0.1) is 13.8 Å². The van der Waals surface area contributed by atoms with Crippen molar-refractivity contribution in [3.63, 3.8) is 0 Å². The zero-order chi connectivity index (χ0) is 19.9. The van der Waals surface area contributed by atoms with Crippen molar-refractivity contribution >= 4 is 5.96 Å². The smallest absolute Gasteiger partial charge is 0.357 e. The molecule has 1 aromatic heterocycles. The molecule has 0 bridgehead atoms. The molecule has 0 amide bonds. The number of hydrogen-bond acceptors (Lipinski definition) is 2. The van der Waals surface area contributed by atoms with Crippen molar-refractivity contribution < 1.29 is 13.2 Å². The highest BCUT2D eigenvalue weighted by Crippen LogP contribution is 2.29. The van der Waals surface area contributed by atoms with Crippen LogP contribution >= 0.6 is 0 Å². The second kappa shape index (κ2) is 9.43. The number of aromatic nitrogens is 2. The lowest BCUT2D eigenvalue weighted by Crippen LogP contribution is -2.38. The maximum atomic E-state index is 12.8. The number of nitrogens with zero attached hydrogens (tertiary/aromatic N) is 3. The number of guanidine groups is 1. The summed E-state index contributed by atoms with van der Waals surface area (Å²) in [5.41, 5.74) is 1.98. The number of benzene rings is 1. The zero-order valence-corrected chi connectivity index (χ0v) is 15.9. The van der Waals surface area contributed by atoms with Gasteiger partial charge in [0.15, 0.2) is 5.96 Å². The third kappa shape index (κ3) is 6.62. The molecule has 0 radical (unpaired) electrons. The van der Waals surface area contributed by atoms with E-state index >= 15 is 0 Å². The van der Waals surface area contributed by atoms with Gasteiger partial charge >= 0.3 is 6.18 Å². The van der Waals surface area contributed by atoms with E-state index in [-0.39, 0.29) is 6.54 Å². The van der Waals surface area contributed by atoms with Gasteiger partial charge in [-0.25, -0.2) is 4.99 Å². The highest BCUT2D eigenvalue weighted by atomic mass is 19.4. The molecule has 0 fully saturated rings. The molecular formula is C19H26F3N5. The van der Waals surface area contributed by atoms with E-state index in [4.69, 9.17) is 0 Å². The fourth-order valence-electron chi connectivity index (χ4n) is 2.70. The average molecular weight is 381 g/mol. The molecule has 2 aromatic rings. The van der Waals surface area contributed by atoms with Crippen LogP contribution in [-0.2, 0) is 19.3 Å². The van der Waals surface area contributed by atoms with Gasteiger partial charge in [0.25, 0.3) is 0 Å². The number of rotatable bonds is 7. The summed E-state index contributed by atoms with van der Waals surface area (Å²) in [6, 6.07) is 7.28. The first kappa shape index (κ1) is 20.8. The Morgan fingerprint density at radius 1 is 1.19 bits per heavy atom. The highest BCUT2D eigenvalue weighted by molar-refractivity contribution is 5.79. The topological polar surface area (TPSA) is 54.2 Å². The van der Waals surface area contributed by atoms with Crippen molar-refractivity contribution in [2.75, 3.05) is 13.1 Å². The number of nitrogens with one attached hydrogen (secondary N) is 2. The average Bonchev–Trinajstić information content (AvgIpc) is 2.93. The summed E-state index contributed by atoms with van der Waals surface area (Å²) in [6.07, 6.45) is -3.48. The van der Waals surface area contributed by atoms with Crippen molar-refractivity contribution in [2.45, 2.75) is 46.5 Å². The Bertz CT molecular complexity index is 765. The molecule has 5 nitrogen and oxygen atoms in total. The fraction of sp³-hybridized carbons (Fsp3) is 0.474. The Kier molecular flexibility index (Phi) is 7.27. The predicted octanol–water partition coefficient (Wildman–Crippen LogP) is 3.66. The van der Waals surface area contributed by atoms with E-state index < -0.39 is 11.7 Å². The molecule has 8 heteroatoms. The van der Waals surface area contributed by atoms with Gasteiger partial charge in [-0.05, 0) is 51.0 Å². The molecule has 1 aromatic carbocycles. The molecule has 0 saturated carbocycles. The lowest BCUT2D eigenvalue weighted by Gasteiger charge is -2.12. The van der Waals surface area contributed by atoms with Gasteiger partial charge in [0.2, 0.25) is 0 Å². The van der Waals surface area contributed by atoms with Crippen LogP contribution in [0.3, 0.4) is 0 Å². The number of aryl methyl sites for hydroxylation is 3. The van der Waals surface area contributed by atoms with Gasteiger partial charge in [-0.1, -0.05) is 12.1 Å². The fourth-order valence-corrected chi connectivity index (χ4v) is 2.70. The molecule has 27 heavy (non-hydrogen) atoms. The van der Waals surface area contributed by atoms with E-state index in [0.717, 1.165) is 36.5 Å². The quantitative estimate of drug-likeness (QED) is 0.437. The molecule has 0 aliphatic heterocycles. The van der Waals surface area contributed by atoms with E-state index in [9.17, 15) is 13.2 Å². The van der Waals surface area contributed by atoms with Gasteiger partial charge in [0.1, 0.15) is 0 Å². The summed E-state index contributed by atoms with van der Waals surface area (Å²) in [7, 11) is 0. The molecule has 148 valence electrons. The van der Waals surface area contributed by atoms with Crippen LogP contribution < -0.4 is 10.6 Å². The molecule has 1 heterocycles. The Morgan fingerprint density at radius 3 is 2.59 bits per heavy atom. The van der Waals surface area contributed by atoms with Crippen LogP contribution in [0.1, 0.15) is 35.9 Å². The van der Waals surface area contributed by atoms with Gasteiger partial charge in [-0.3, -0.25) is 4.68 Å².